The highest BCUT2D eigenvalue weighted by atomic mass is 16.5. The quantitative estimate of drug-likeness (QED) is 0.549. The molecule has 3 aromatic rings. The molecule has 8 nitrogen and oxygen atoms in total. The van der Waals surface area contributed by atoms with Crippen LogP contribution in [0.4, 0.5) is 11.6 Å². The van der Waals surface area contributed by atoms with E-state index < -0.39 is 0 Å². The number of fused-ring (bicyclic) bond motifs is 1. The van der Waals surface area contributed by atoms with Crippen LogP contribution < -0.4 is 10.1 Å². The molecular weight excluding hydrogens is 454 g/mol. The molecule has 1 fully saturated rings. The number of ether oxygens (including phenoxy) is 1. The highest BCUT2D eigenvalue weighted by Crippen LogP contribution is 2.39. The van der Waals surface area contributed by atoms with E-state index in [1.165, 1.54) is 11.3 Å². The van der Waals surface area contributed by atoms with Crippen LogP contribution >= 0.6 is 0 Å². The molecule has 36 heavy (non-hydrogen) atoms. The van der Waals surface area contributed by atoms with Gasteiger partial charge >= 0.3 is 0 Å². The summed E-state index contributed by atoms with van der Waals surface area (Å²) in [5, 5.41) is 13.1. The number of nitrogens with zero attached hydrogens (tertiary/aromatic N) is 4. The summed E-state index contributed by atoms with van der Waals surface area (Å²) in [5.74, 6) is 0.940. The number of piperidine rings is 1. The maximum Gasteiger partial charge on any atom is 0.254 e. The molecule has 0 saturated carbocycles. The van der Waals surface area contributed by atoms with Crippen molar-refractivity contribution in [2.45, 2.75) is 58.0 Å². The Balaban J connectivity index is 1.44. The van der Waals surface area contributed by atoms with Crippen molar-refractivity contribution < 1.29 is 14.6 Å². The first-order valence-electron chi connectivity index (χ1n) is 12.5. The van der Waals surface area contributed by atoms with E-state index >= 15 is 0 Å². The summed E-state index contributed by atoms with van der Waals surface area (Å²) >= 11 is 0. The number of aliphatic hydroxyl groups is 1. The summed E-state index contributed by atoms with van der Waals surface area (Å²) in [7, 11) is 1.58. The third-order valence-corrected chi connectivity index (χ3v) is 7.48. The fraction of sp³-hybridized carbons (Fsp3) is 0.429. The van der Waals surface area contributed by atoms with Crippen molar-refractivity contribution in [3.8, 4) is 17.0 Å². The molecule has 0 radical (unpaired) electrons. The predicted octanol–water partition coefficient (Wildman–Crippen LogP) is 4.42. The van der Waals surface area contributed by atoms with Gasteiger partial charge in [0, 0.05) is 54.1 Å². The number of pyridine rings is 1. The first-order chi connectivity index (χ1) is 17.2. The maximum absolute atomic E-state index is 13.3. The number of likely N-dealkylation sites (tertiary alicyclic amines) is 1. The molecule has 1 saturated heterocycles. The van der Waals surface area contributed by atoms with Crippen molar-refractivity contribution in [3.63, 3.8) is 0 Å². The molecule has 2 N–H and O–H groups in total. The normalized spacial score (nSPS) is 17.1. The van der Waals surface area contributed by atoms with Crippen LogP contribution in [0.25, 0.3) is 11.3 Å². The van der Waals surface area contributed by atoms with Crippen LogP contribution in [-0.2, 0) is 11.8 Å². The van der Waals surface area contributed by atoms with E-state index in [2.05, 4.69) is 30.2 Å². The van der Waals surface area contributed by atoms with Gasteiger partial charge in [0.05, 0.1) is 18.9 Å². The molecule has 0 unspecified atom stereocenters. The molecule has 1 aliphatic heterocycles. The number of anilines is 2. The minimum absolute atomic E-state index is 0.0668. The van der Waals surface area contributed by atoms with Crippen LogP contribution in [0.15, 0.2) is 36.7 Å². The number of hydrogen-bond donors (Lipinski definition) is 2. The Morgan fingerprint density at radius 2 is 1.97 bits per heavy atom. The van der Waals surface area contributed by atoms with Gasteiger partial charge in [-0.3, -0.25) is 9.78 Å². The summed E-state index contributed by atoms with van der Waals surface area (Å²) < 4.78 is 5.50. The minimum atomic E-state index is -0.339. The van der Waals surface area contributed by atoms with E-state index in [9.17, 15) is 9.90 Å². The number of hydrogen-bond acceptors (Lipinski definition) is 7. The zero-order valence-corrected chi connectivity index (χ0v) is 21.3. The molecule has 3 heterocycles. The van der Waals surface area contributed by atoms with Crippen LogP contribution in [-0.4, -0.2) is 57.2 Å². The number of aromatic nitrogens is 3. The molecule has 2 aromatic heterocycles. The lowest BCUT2D eigenvalue weighted by atomic mass is 9.86. The minimum Gasteiger partial charge on any atom is -0.497 e. The van der Waals surface area contributed by atoms with E-state index in [0.29, 0.717) is 48.9 Å². The Kier molecular flexibility index (Phi) is 6.38. The number of amides is 1. The number of aryl methyl sites for hydroxylation is 1. The fourth-order valence-corrected chi connectivity index (χ4v) is 5.08. The van der Waals surface area contributed by atoms with Gasteiger partial charge in [-0.15, -0.1) is 0 Å². The first-order valence-corrected chi connectivity index (χ1v) is 12.5. The topological polar surface area (TPSA) is 100 Å². The van der Waals surface area contributed by atoms with E-state index in [1.807, 2.05) is 25.3 Å². The lowest BCUT2D eigenvalue weighted by Crippen LogP contribution is -2.40. The van der Waals surface area contributed by atoms with Crippen LogP contribution in [0.2, 0.25) is 0 Å². The van der Waals surface area contributed by atoms with Crippen LogP contribution in [0.5, 0.6) is 5.75 Å². The van der Waals surface area contributed by atoms with E-state index in [0.717, 1.165) is 29.7 Å². The zero-order valence-electron chi connectivity index (χ0n) is 21.3. The molecule has 5 rings (SSSR count). The average Bonchev–Trinajstić information content (AvgIpc) is 3.19. The van der Waals surface area contributed by atoms with Gasteiger partial charge in [0.2, 0.25) is 5.95 Å². The Labute approximate surface area is 211 Å². The highest BCUT2D eigenvalue weighted by molar-refractivity contribution is 5.98. The number of carbonyl (C=O) groups excluding carboxylic acids is 1. The SMILES string of the molecule is COc1cc(Nc2nccc(-c3cnc4c(c3)C(C)(C)CC4)n2)c(C)c(C(=O)N2CCC(O)CC2)c1. The number of aliphatic hydroxyl groups excluding tert-OH is 1. The van der Waals surface area contributed by atoms with Crippen molar-refractivity contribution in [2.75, 3.05) is 25.5 Å². The Bertz CT molecular complexity index is 1300. The largest absolute Gasteiger partial charge is 0.497 e. The van der Waals surface area contributed by atoms with Crippen LogP contribution in [0, 0.1) is 6.92 Å². The smallest absolute Gasteiger partial charge is 0.254 e. The Morgan fingerprint density at radius 1 is 1.19 bits per heavy atom. The summed E-state index contributed by atoms with van der Waals surface area (Å²) in [4.78, 5) is 29.0. The van der Waals surface area contributed by atoms with Gasteiger partial charge in [0.1, 0.15) is 5.75 Å². The van der Waals surface area contributed by atoms with E-state index in [-0.39, 0.29) is 17.4 Å². The molecule has 188 valence electrons. The van der Waals surface area contributed by atoms with Gasteiger partial charge in [0.15, 0.2) is 0 Å². The van der Waals surface area contributed by atoms with Gasteiger partial charge in [-0.05, 0) is 67.3 Å². The van der Waals surface area contributed by atoms with Crippen molar-refractivity contribution in [2.24, 2.45) is 0 Å². The molecule has 2 aliphatic rings. The van der Waals surface area contributed by atoms with Crippen molar-refractivity contribution in [1.82, 2.24) is 19.9 Å². The lowest BCUT2D eigenvalue weighted by molar-refractivity contribution is 0.0545. The second kappa shape index (κ2) is 9.50. The van der Waals surface area contributed by atoms with Crippen molar-refractivity contribution in [3.05, 3.63) is 59.0 Å². The second-order valence-electron chi connectivity index (χ2n) is 10.4. The molecule has 1 aliphatic carbocycles. The summed E-state index contributed by atoms with van der Waals surface area (Å²) in [5.41, 5.74) is 6.37. The third kappa shape index (κ3) is 4.65. The van der Waals surface area contributed by atoms with Gasteiger partial charge in [-0.25, -0.2) is 9.97 Å². The van der Waals surface area contributed by atoms with Crippen molar-refractivity contribution in [1.29, 1.82) is 0 Å². The first kappa shape index (κ1) is 24.2. The standard InChI is InChI=1S/C28H33N5O3/c1-17-21(26(35)33-11-7-19(34)8-12-33)14-20(36-4)15-25(17)32-27-29-10-6-23(31-27)18-13-22-24(30-16-18)5-9-28(22,2)3/h6,10,13-16,19,34H,5,7-9,11-12H2,1-4H3,(H,29,31,32). The molecule has 1 aromatic carbocycles. The predicted molar refractivity (Wildman–Crippen MR) is 139 cm³/mol. The average molecular weight is 488 g/mol. The molecule has 1 amide bonds. The van der Waals surface area contributed by atoms with E-state index in [4.69, 9.17) is 14.7 Å². The maximum atomic E-state index is 13.3. The molecular formula is C28H33N5O3. The molecule has 0 atom stereocenters. The lowest BCUT2D eigenvalue weighted by Gasteiger charge is -2.30. The van der Waals surface area contributed by atoms with Crippen LogP contribution in [0.1, 0.15) is 60.3 Å². The summed E-state index contributed by atoms with van der Waals surface area (Å²) in [6, 6.07) is 7.70. The van der Waals surface area contributed by atoms with Gasteiger partial charge in [-0.2, -0.15) is 0 Å². The van der Waals surface area contributed by atoms with Gasteiger partial charge in [0.25, 0.3) is 5.91 Å². The molecule has 8 heteroatoms. The van der Waals surface area contributed by atoms with E-state index in [1.54, 1.807) is 24.3 Å². The second-order valence-corrected chi connectivity index (χ2v) is 10.4. The number of benzene rings is 1. The highest BCUT2D eigenvalue weighted by Gasteiger charge is 2.31. The molecule has 0 spiro atoms. The van der Waals surface area contributed by atoms with Gasteiger partial charge in [-0.1, -0.05) is 13.8 Å². The Morgan fingerprint density at radius 3 is 2.72 bits per heavy atom. The van der Waals surface area contributed by atoms with Gasteiger partial charge < -0.3 is 20.1 Å². The summed E-state index contributed by atoms with van der Waals surface area (Å²) in [6.07, 6.45) is 6.56. The number of methoxy groups -OCH3 is 1. The number of rotatable bonds is 5. The number of nitrogens with one attached hydrogen (secondary N) is 1. The Hall–Kier alpha value is -3.52. The number of carbonyl (C=O) groups is 1. The monoisotopic (exact) mass is 487 g/mol. The zero-order chi connectivity index (χ0) is 25.4. The third-order valence-electron chi connectivity index (χ3n) is 7.48. The molecule has 0 bridgehead atoms. The summed E-state index contributed by atoms with van der Waals surface area (Å²) in [6.45, 7) is 7.50. The van der Waals surface area contributed by atoms with Crippen molar-refractivity contribution >= 4 is 17.5 Å². The fourth-order valence-electron chi connectivity index (χ4n) is 5.08. The van der Waals surface area contributed by atoms with Crippen LogP contribution in [0.3, 0.4) is 0 Å².